The second-order valence-electron chi connectivity index (χ2n) is 8.82. The number of carbonyl (C=O) groups is 1. The van der Waals surface area contributed by atoms with Crippen LogP contribution >= 0.6 is 0 Å². The Morgan fingerprint density at radius 2 is 2.09 bits per heavy atom. The number of carbonyl (C=O) groups excluding carboxylic acids is 1. The highest BCUT2D eigenvalue weighted by molar-refractivity contribution is 5.81. The van der Waals surface area contributed by atoms with Gasteiger partial charge in [0.1, 0.15) is 12.3 Å². The van der Waals surface area contributed by atoms with Crippen LogP contribution in [0.1, 0.15) is 77.9 Å². The molecule has 1 aliphatic rings. The molecule has 1 saturated heterocycles. The number of nitrogens with zero attached hydrogens (tertiary/aromatic N) is 4. The Balaban J connectivity index is 1.80. The number of hydrogen-bond acceptors (Lipinski definition) is 8. The molecule has 186 valence electrons. The van der Waals surface area contributed by atoms with Gasteiger partial charge in [-0.2, -0.15) is 14.4 Å². The molecule has 0 bridgehead atoms. The van der Waals surface area contributed by atoms with Crippen molar-refractivity contribution >= 4 is 23.0 Å². The fraction of sp³-hybridized carbons (Fsp3) is 0.667. The SMILES string of the molecule is C#C[C@]1(CO)O[C@@H](n2cnc3c(N)nc(F)nc32)C[C@@H]1OC(=O)C(CCCC)CCCCCC. The van der Waals surface area contributed by atoms with Crippen molar-refractivity contribution in [2.45, 2.75) is 89.6 Å². The Morgan fingerprint density at radius 1 is 1.35 bits per heavy atom. The number of aliphatic hydroxyl groups is 1. The van der Waals surface area contributed by atoms with Crippen LogP contribution in [-0.2, 0) is 14.3 Å². The highest BCUT2D eigenvalue weighted by Gasteiger charge is 2.51. The fourth-order valence-corrected chi connectivity index (χ4v) is 4.37. The van der Waals surface area contributed by atoms with Crippen molar-refractivity contribution in [3.05, 3.63) is 12.4 Å². The summed E-state index contributed by atoms with van der Waals surface area (Å²) < 4.78 is 27.1. The van der Waals surface area contributed by atoms with E-state index in [1.807, 2.05) is 0 Å². The number of aromatic nitrogens is 4. The predicted molar refractivity (Wildman–Crippen MR) is 125 cm³/mol. The molecule has 3 N–H and O–H groups in total. The first-order valence-corrected chi connectivity index (χ1v) is 12.0. The van der Waals surface area contributed by atoms with Gasteiger partial charge in [0, 0.05) is 6.42 Å². The molecule has 2 aromatic heterocycles. The number of nitrogens with two attached hydrogens (primary N) is 1. The molecule has 1 fully saturated rings. The molecule has 0 aromatic carbocycles. The lowest BCUT2D eigenvalue weighted by atomic mass is 9.94. The average molecular weight is 476 g/mol. The minimum atomic E-state index is -1.54. The summed E-state index contributed by atoms with van der Waals surface area (Å²) in [5.74, 6) is 1.80. The van der Waals surface area contributed by atoms with Crippen LogP contribution < -0.4 is 5.73 Å². The standard InChI is InChI=1S/C24H34FN5O4/c1-4-7-9-10-12-16(11-8-5-2)22(32)33-17-13-18(34-24(17,6-3)14-31)30-15-27-19-20(26)28-23(25)29-21(19)30/h3,15-18,31H,4-5,7-14H2,1-2H3,(H2,26,28,29)/t16?,17-,18+,24+/m0/s1. The number of nitrogen functional groups attached to an aromatic ring is 1. The number of anilines is 1. The fourth-order valence-electron chi connectivity index (χ4n) is 4.37. The van der Waals surface area contributed by atoms with Crippen molar-refractivity contribution in [1.82, 2.24) is 19.5 Å². The van der Waals surface area contributed by atoms with E-state index < -0.39 is 30.6 Å². The highest BCUT2D eigenvalue weighted by Crippen LogP contribution is 2.40. The highest BCUT2D eigenvalue weighted by atomic mass is 19.1. The zero-order valence-corrected chi connectivity index (χ0v) is 19.9. The Kier molecular flexibility index (Phi) is 8.80. The molecule has 2 aromatic rings. The molecule has 9 nitrogen and oxygen atoms in total. The minimum Gasteiger partial charge on any atom is -0.458 e. The van der Waals surface area contributed by atoms with Gasteiger partial charge < -0.3 is 20.3 Å². The van der Waals surface area contributed by atoms with Gasteiger partial charge in [-0.1, -0.05) is 58.3 Å². The van der Waals surface area contributed by atoms with E-state index in [1.165, 1.54) is 10.9 Å². The zero-order chi connectivity index (χ0) is 24.7. The Labute approximate surface area is 199 Å². The lowest BCUT2D eigenvalue weighted by Crippen LogP contribution is -2.44. The molecule has 3 rings (SSSR count). The van der Waals surface area contributed by atoms with Crippen LogP contribution in [0.5, 0.6) is 0 Å². The van der Waals surface area contributed by atoms with Crippen LogP contribution in [0, 0.1) is 24.3 Å². The first-order chi connectivity index (χ1) is 16.4. The smallest absolute Gasteiger partial charge is 0.312 e. The molecule has 1 aliphatic heterocycles. The first kappa shape index (κ1) is 25.8. The molecular formula is C24H34FN5O4. The van der Waals surface area contributed by atoms with Gasteiger partial charge in [0.25, 0.3) is 0 Å². The van der Waals surface area contributed by atoms with E-state index in [-0.39, 0.29) is 35.3 Å². The van der Waals surface area contributed by atoms with Crippen molar-refractivity contribution in [2.24, 2.45) is 5.92 Å². The number of esters is 1. The summed E-state index contributed by atoms with van der Waals surface area (Å²) in [7, 11) is 0. The van der Waals surface area contributed by atoms with Crippen molar-refractivity contribution in [1.29, 1.82) is 0 Å². The Morgan fingerprint density at radius 3 is 2.76 bits per heavy atom. The number of ether oxygens (including phenoxy) is 2. The number of rotatable bonds is 12. The molecule has 0 spiro atoms. The molecule has 10 heteroatoms. The number of hydrogen-bond donors (Lipinski definition) is 2. The van der Waals surface area contributed by atoms with Gasteiger partial charge in [-0.25, -0.2) is 4.98 Å². The second kappa shape index (κ2) is 11.6. The molecule has 0 radical (unpaired) electrons. The molecule has 3 heterocycles. The van der Waals surface area contributed by atoms with Crippen LogP contribution in [0.4, 0.5) is 10.2 Å². The van der Waals surface area contributed by atoms with Crippen molar-refractivity contribution in [2.75, 3.05) is 12.3 Å². The Hall–Kier alpha value is -2.77. The predicted octanol–water partition coefficient (Wildman–Crippen LogP) is 3.52. The van der Waals surface area contributed by atoms with E-state index in [4.69, 9.17) is 21.6 Å². The van der Waals surface area contributed by atoms with Gasteiger partial charge in [0.2, 0.25) is 0 Å². The lowest BCUT2D eigenvalue weighted by Gasteiger charge is -2.28. The van der Waals surface area contributed by atoms with Gasteiger partial charge in [-0.15, -0.1) is 6.42 Å². The van der Waals surface area contributed by atoms with Crippen LogP contribution in [0.25, 0.3) is 11.2 Å². The van der Waals surface area contributed by atoms with Crippen molar-refractivity contribution in [3.63, 3.8) is 0 Å². The summed E-state index contributed by atoms with van der Waals surface area (Å²) >= 11 is 0. The zero-order valence-electron chi connectivity index (χ0n) is 19.9. The van der Waals surface area contributed by atoms with Gasteiger partial charge in [-0.3, -0.25) is 9.36 Å². The van der Waals surface area contributed by atoms with E-state index in [2.05, 4.69) is 34.7 Å². The van der Waals surface area contributed by atoms with E-state index in [1.54, 1.807) is 0 Å². The monoisotopic (exact) mass is 475 g/mol. The summed E-state index contributed by atoms with van der Waals surface area (Å²) in [6, 6.07) is 0. The second-order valence-corrected chi connectivity index (χ2v) is 8.82. The quantitative estimate of drug-likeness (QED) is 0.207. The molecular weight excluding hydrogens is 441 g/mol. The topological polar surface area (TPSA) is 125 Å². The van der Waals surface area contributed by atoms with Crippen molar-refractivity contribution in [3.8, 4) is 12.3 Å². The third kappa shape index (κ3) is 5.47. The third-order valence-electron chi connectivity index (χ3n) is 6.40. The van der Waals surface area contributed by atoms with Gasteiger partial charge in [0.15, 0.2) is 22.6 Å². The molecule has 0 aliphatic carbocycles. The van der Waals surface area contributed by atoms with Gasteiger partial charge in [0.05, 0.1) is 18.9 Å². The molecule has 34 heavy (non-hydrogen) atoms. The molecule has 0 saturated carbocycles. The van der Waals surface area contributed by atoms with E-state index in [0.29, 0.717) is 0 Å². The number of terminal acetylenes is 1. The van der Waals surface area contributed by atoms with Crippen LogP contribution in [0.15, 0.2) is 6.33 Å². The van der Waals surface area contributed by atoms with Crippen LogP contribution in [0.2, 0.25) is 0 Å². The van der Waals surface area contributed by atoms with Gasteiger partial charge >= 0.3 is 12.0 Å². The molecule has 0 amide bonds. The summed E-state index contributed by atoms with van der Waals surface area (Å²) in [5.41, 5.74) is 4.56. The number of halogens is 1. The van der Waals surface area contributed by atoms with Gasteiger partial charge in [-0.05, 0) is 12.8 Å². The maximum absolute atomic E-state index is 13.8. The average Bonchev–Trinajstić information content (AvgIpc) is 3.40. The lowest BCUT2D eigenvalue weighted by molar-refractivity contribution is -0.164. The third-order valence-corrected chi connectivity index (χ3v) is 6.40. The summed E-state index contributed by atoms with van der Waals surface area (Å²) in [5, 5.41) is 10.1. The van der Waals surface area contributed by atoms with Crippen LogP contribution in [0.3, 0.4) is 0 Å². The Bertz CT molecular complexity index is 1020. The van der Waals surface area contributed by atoms with E-state index in [9.17, 15) is 14.3 Å². The van der Waals surface area contributed by atoms with E-state index >= 15 is 0 Å². The maximum Gasteiger partial charge on any atom is 0.312 e. The molecule has 4 atom stereocenters. The minimum absolute atomic E-state index is 0.102. The van der Waals surface area contributed by atoms with E-state index in [0.717, 1.165) is 51.4 Å². The number of imidazole rings is 1. The molecule has 1 unspecified atom stereocenters. The largest absolute Gasteiger partial charge is 0.458 e. The summed E-state index contributed by atoms with van der Waals surface area (Å²) in [6.07, 6.45) is 12.3. The van der Waals surface area contributed by atoms with Crippen LogP contribution in [-0.4, -0.2) is 48.9 Å². The number of aliphatic hydroxyl groups excluding tert-OH is 1. The number of unbranched alkanes of at least 4 members (excludes halogenated alkanes) is 4. The number of fused-ring (bicyclic) bond motifs is 1. The normalized spacial score (nSPS) is 23.1. The first-order valence-electron chi connectivity index (χ1n) is 12.0. The van der Waals surface area contributed by atoms with Crippen molar-refractivity contribution < 1.29 is 23.8 Å². The summed E-state index contributed by atoms with van der Waals surface area (Å²) in [6.45, 7) is 3.68. The maximum atomic E-state index is 13.8. The summed E-state index contributed by atoms with van der Waals surface area (Å²) in [4.78, 5) is 24.6.